The van der Waals surface area contributed by atoms with Gasteiger partial charge in [-0.3, -0.25) is 4.79 Å². The van der Waals surface area contributed by atoms with Crippen LogP contribution in [0.4, 0.5) is 0 Å². The molecule has 0 amide bonds. The van der Waals surface area contributed by atoms with Crippen LogP contribution in [0.15, 0.2) is 48.5 Å². The summed E-state index contributed by atoms with van der Waals surface area (Å²) >= 11 is 0. The number of hydrogen-bond donors (Lipinski definition) is 0. The Morgan fingerprint density at radius 1 is 0.842 bits per heavy atom. The minimum Gasteiger partial charge on any atom is -0.289 e. The molecular formula is C18H12O. The van der Waals surface area contributed by atoms with Gasteiger partial charge in [0, 0.05) is 16.7 Å². The summed E-state index contributed by atoms with van der Waals surface area (Å²) in [6.07, 6.45) is 0.589. The Balaban J connectivity index is 2.21. The molecule has 0 N–H and O–H groups in total. The molecular weight excluding hydrogens is 232 g/mol. The SMILES string of the molecule is Cc1ccccc1C#Cc1ccc(C#CC=O)cc1. The van der Waals surface area contributed by atoms with Crippen molar-refractivity contribution < 1.29 is 4.79 Å². The summed E-state index contributed by atoms with van der Waals surface area (Å²) in [5.41, 5.74) is 3.95. The fourth-order valence-corrected chi connectivity index (χ4v) is 1.60. The van der Waals surface area contributed by atoms with Crippen molar-refractivity contribution in [3.05, 3.63) is 70.8 Å². The first-order valence-corrected chi connectivity index (χ1v) is 5.92. The van der Waals surface area contributed by atoms with Crippen LogP contribution in [0.5, 0.6) is 0 Å². The van der Waals surface area contributed by atoms with Gasteiger partial charge in [-0.25, -0.2) is 0 Å². The quantitative estimate of drug-likeness (QED) is 0.514. The Kier molecular flexibility index (Phi) is 4.17. The molecule has 1 heteroatoms. The second-order valence-corrected chi connectivity index (χ2v) is 4.03. The molecule has 90 valence electrons. The van der Waals surface area contributed by atoms with Crippen LogP contribution in [0.2, 0.25) is 0 Å². The molecule has 2 aromatic rings. The lowest BCUT2D eigenvalue weighted by Crippen LogP contribution is -1.81. The standard InChI is InChI=1S/C18H12O/c1-15-5-2-3-7-18(15)13-12-17-10-8-16(9-11-17)6-4-14-19/h2-3,5,7-11,14H,1H3. The molecule has 0 heterocycles. The van der Waals surface area contributed by atoms with Gasteiger partial charge in [0.2, 0.25) is 0 Å². The van der Waals surface area contributed by atoms with Crippen LogP contribution in [0.25, 0.3) is 0 Å². The van der Waals surface area contributed by atoms with Crippen molar-refractivity contribution in [3.63, 3.8) is 0 Å². The maximum absolute atomic E-state index is 10.1. The van der Waals surface area contributed by atoms with Crippen LogP contribution in [0.1, 0.15) is 22.3 Å². The van der Waals surface area contributed by atoms with E-state index >= 15 is 0 Å². The van der Waals surface area contributed by atoms with E-state index in [1.54, 1.807) is 0 Å². The Morgan fingerprint density at radius 2 is 1.47 bits per heavy atom. The van der Waals surface area contributed by atoms with Crippen LogP contribution in [0.3, 0.4) is 0 Å². The number of rotatable bonds is 0. The summed E-state index contributed by atoms with van der Waals surface area (Å²) in [5.74, 6) is 11.4. The molecule has 19 heavy (non-hydrogen) atoms. The van der Waals surface area contributed by atoms with E-state index in [1.165, 1.54) is 5.56 Å². The van der Waals surface area contributed by atoms with Crippen molar-refractivity contribution in [3.8, 4) is 23.7 Å². The average molecular weight is 244 g/mol. The number of carbonyl (C=O) groups excluding carboxylic acids is 1. The molecule has 0 aliphatic carbocycles. The van der Waals surface area contributed by atoms with E-state index < -0.39 is 0 Å². The maximum Gasteiger partial charge on any atom is 0.193 e. The van der Waals surface area contributed by atoms with Crippen molar-refractivity contribution in [2.45, 2.75) is 6.92 Å². The Labute approximate surface area is 113 Å². The van der Waals surface area contributed by atoms with Gasteiger partial charge in [-0.15, -0.1) is 0 Å². The molecule has 1 nitrogen and oxygen atoms in total. The largest absolute Gasteiger partial charge is 0.289 e. The molecule has 0 radical (unpaired) electrons. The zero-order valence-electron chi connectivity index (χ0n) is 10.6. The van der Waals surface area contributed by atoms with E-state index in [4.69, 9.17) is 0 Å². The maximum atomic E-state index is 10.1. The van der Waals surface area contributed by atoms with E-state index in [9.17, 15) is 4.79 Å². The second-order valence-electron chi connectivity index (χ2n) is 4.03. The highest BCUT2D eigenvalue weighted by molar-refractivity contribution is 5.74. The second kappa shape index (κ2) is 6.24. The summed E-state index contributed by atoms with van der Waals surface area (Å²) in [6, 6.07) is 15.6. The third-order valence-electron chi connectivity index (χ3n) is 2.65. The van der Waals surface area contributed by atoms with Gasteiger partial charge < -0.3 is 0 Å². The van der Waals surface area contributed by atoms with Crippen LogP contribution >= 0.6 is 0 Å². The summed E-state index contributed by atoms with van der Waals surface area (Å²) in [7, 11) is 0. The molecule has 0 saturated heterocycles. The lowest BCUT2D eigenvalue weighted by molar-refractivity contribution is -0.103. The van der Waals surface area contributed by atoms with Gasteiger partial charge in [0.15, 0.2) is 6.29 Å². The van der Waals surface area contributed by atoms with Crippen LogP contribution in [-0.4, -0.2) is 6.29 Å². The van der Waals surface area contributed by atoms with Crippen molar-refractivity contribution in [2.75, 3.05) is 0 Å². The van der Waals surface area contributed by atoms with Crippen LogP contribution in [-0.2, 0) is 4.79 Å². The number of carbonyl (C=O) groups is 1. The average Bonchev–Trinajstić information content (AvgIpc) is 2.45. The summed E-state index contributed by atoms with van der Waals surface area (Å²) in [6.45, 7) is 2.04. The molecule has 0 atom stereocenters. The van der Waals surface area contributed by atoms with E-state index in [0.717, 1.165) is 16.7 Å². The summed E-state index contributed by atoms with van der Waals surface area (Å²) in [5, 5.41) is 0. The van der Waals surface area contributed by atoms with E-state index in [0.29, 0.717) is 6.29 Å². The van der Waals surface area contributed by atoms with Gasteiger partial charge in [0.05, 0.1) is 0 Å². The third kappa shape index (κ3) is 3.60. The molecule has 0 saturated carbocycles. The Morgan fingerprint density at radius 3 is 2.11 bits per heavy atom. The highest BCUT2D eigenvalue weighted by atomic mass is 16.1. The fourth-order valence-electron chi connectivity index (χ4n) is 1.60. The minimum absolute atomic E-state index is 0.589. The van der Waals surface area contributed by atoms with Crippen molar-refractivity contribution in [1.82, 2.24) is 0 Å². The van der Waals surface area contributed by atoms with Gasteiger partial charge >= 0.3 is 0 Å². The van der Waals surface area contributed by atoms with Gasteiger partial charge in [-0.05, 0) is 48.7 Å². The zero-order valence-corrected chi connectivity index (χ0v) is 10.6. The Bertz CT molecular complexity index is 701. The van der Waals surface area contributed by atoms with Crippen LogP contribution in [0, 0.1) is 30.6 Å². The van der Waals surface area contributed by atoms with E-state index in [1.807, 2.05) is 55.5 Å². The minimum atomic E-state index is 0.589. The highest BCUT2D eigenvalue weighted by Crippen LogP contribution is 2.06. The first-order chi connectivity index (χ1) is 9.29. The summed E-state index contributed by atoms with van der Waals surface area (Å²) in [4.78, 5) is 10.1. The predicted molar refractivity (Wildman–Crippen MR) is 76.5 cm³/mol. The molecule has 0 aromatic heterocycles. The van der Waals surface area contributed by atoms with E-state index in [2.05, 4.69) is 23.7 Å². The predicted octanol–water partition coefficient (Wildman–Crippen LogP) is 2.95. The van der Waals surface area contributed by atoms with Crippen molar-refractivity contribution >= 4 is 6.29 Å². The highest BCUT2D eigenvalue weighted by Gasteiger charge is 1.91. The topological polar surface area (TPSA) is 17.1 Å². The van der Waals surface area contributed by atoms with Crippen LogP contribution < -0.4 is 0 Å². The lowest BCUT2D eigenvalue weighted by Gasteiger charge is -1.95. The van der Waals surface area contributed by atoms with Crippen molar-refractivity contribution in [1.29, 1.82) is 0 Å². The molecule has 0 spiro atoms. The van der Waals surface area contributed by atoms with E-state index in [-0.39, 0.29) is 0 Å². The monoisotopic (exact) mass is 244 g/mol. The van der Waals surface area contributed by atoms with Crippen molar-refractivity contribution in [2.24, 2.45) is 0 Å². The molecule has 0 bridgehead atoms. The van der Waals surface area contributed by atoms with Gasteiger partial charge in [0.1, 0.15) is 0 Å². The fraction of sp³-hybridized carbons (Fsp3) is 0.0556. The molecule has 2 rings (SSSR count). The first kappa shape index (κ1) is 12.7. The first-order valence-electron chi connectivity index (χ1n) is 5.92. The lowest BCUT2D eigenvalue weighted by atomic mass is 10.1. The number of aldehydes is 1. The molecule has 0 fully saturated rings. The number of aryl methyl sites for hydroxylation is 1. The molecule has 0 unspecified atom stereocenters. The third-order valence-corrected chi connectivity index (χ3v) is 2.65. The molecule has 2 aromatic carbocycles. The van der Waals surface area contributed by atoms with Gasteiger partial charge in [-0.1, -0.05) is 36.0 Å². The molecule has 0 aliphatic heterocycles. The molecule has 0 aliphatic rings. The number of benzene rings is 2. The normalized spacial score (nSPS) is 8.68. The number of hydrogen-bond acceptors (Lipinski definition) is 1. The Hall–Kier alpha value is -2.77. The van der Waals surface area contributed by atoms with Gasteiger partial charge in [-0.2, -0.15) is 0 Å². The smallest absolute Gasteiger partial charge is 0.193 e. The zero-order chi connectivity index (χ0) is 13.5. The summed E-state index contributed by atoms with van der Waals surface area (Å²) < 4.78 is 0. The van der Waals surface area contributed by atoms with Gasteiger partial charge in [0.25, 0.3) is 0 Å².